The molecule has 0 aliphatic carbocycles. The summed E-state index contributed by atoms with van der Waals surface area (Å²) >= 11 is 12.2. The molecule has 0 saturated carbocycles. The molecule has 1 heterocycles. The van der Waals surface area contributed by atoms with E-state index in [-0.39, 0.29) is 5.75 Å². The maximum absolute atomic E-state index is 12.5. The Kier molecular flexibility index (Phi) is 5.91. The molecular formula is C19H19Cl2N3O2S. The number of halogens is 2. The summed E-state index contributed by atoms with van der Waals surface area (Å²) in [5.74, 6) is 0.607. The minimum absolute atomic E-state index is 0.276. The highest BCUT2D eigenvalue weighted by Gasteiger charge is 2.19. The van der Waals surface area contributed by atoms with Crippen LogP contribution < -0.4 is 4.72 Å². The van der Waals surface area contributed by atoms with Crippen LogP contribution in [0.15, 0.2) is 54.9 Å². The van der Waals surface area contributed by atoms with E-state index in [1.807, 2.05) is 42.0 Å². The van der Waals surface area contributed by atoms with Crippen LogP contribution in [-0.4, -0.2) is 18.0 Å². The molecule has 0 saturated heterocycles. The van der Waals surface area contributed by atoms with Gasteiger partial charge in [-0.3, -0.25) is 0 Å². The quantitative estimate of drug-likeness (QED) is 0.626. The summed E-state index contributed by atoms with van der Waals surface area (Å²) in [4.78, 5) is 4.20. The highest BCUT2D eigenvalue weighted by molar-refractivity contribution is 7.88. The summed E-state index contributed by atoms with van der Waals surface area (Å²) < 4.78 is 29.7. The predicted octanol–water partition coefficient (Wildman–Crippen LogP) is 4.67. The van der Waals surface area contributed by atoms with Gasteiger partial charge in [0, 0.05) is 39.7 Å². The molecule has 0 spiro atoms. The second kappa shape index (κ2) is 8.02. The molecule has 0 amide bonds. The molecule has 1 atom stereocenters. The molecule has 3 rings (SSSR count). The Hall–Kier alpha value is -1.86. The van der Waals surface area contributed by atoms with Gasteiger partial charge in [-0.1, -0.05) is 41.4 Å². The van der Waals surface area contributed by atoms with E-state index in [1.165, 1.54) is 0 Å². The zero-order chi connectivity index (χ0) is 19.6. The lowest BCUT2D eigenvalue weighted by Crippen LogP contribution is -2.28. The van der Waals surface area contributed by atoms with Crippen LogP contribution in [0.2, 0.25) is 10.0 Å². The molecule has 0 radical (unpaired) electrons. The monoisotopic (exact) mass is 423 g/mol. The van der Waals surface area contributed by atoms with Gasteiger partial charge in [0.25, 0.3) is 0 Å². The fourth-order valence-electron chi connectivity index (χ4n) is 2.81. The Morgan fingerprint density at radius 1 is 1.11 bits per heavy atom. The average Bonchev–Trinajstić information content (AvgIpc) is 3.04. The lowest BCUT2D eigenvalue weighted by molar-refractivity contribution is 0.566. The molecule has 3 aromatic rings. The number of aryl methyl sites for hydroxylation is 1. The Balaban J connectivity index is 1.74. The summed E-state index contributed by atoms with van der Waals surface area (Å²) in [6, 6.07) is 12.2. The molecule has 5 nitrogen and oxygen atoms in total. The van der Waals surface area contributed by atoms with Crippen LogP contribution in [0.3, 0.4) is 0 Å². The van der Waals surface area contributed by atoms with Gasteiger partial charge in [-0.2, -0.15) is 0 Å². The third-order valence-electron chi connectivity index (χ3n) is 4.25. The maximum atomic E-state index is 12.5. The van der Waals surface area contributed by atoms with Gasteiger partial charge in [0.15, 0.2) is 0 Å². The number of hydrogen-bond acceptors (Lipinski definition) is 3. The van der Waals surface area contributed by atoms with Crippen LogP contribution in [0.1, 0.15) is 29.9 Å². The van der Waals surface area contributed by atoms with Crippen molar-refractivity contribution in [1.29, 1.82) is 0 Å². The van der Waals surface area contributed by atoms with Crippen molar-refractivity contribution in [3.63, 3.8) is 0 Å². The summed E-state index contributed by atoms with van der Waals surface area (Å²) in [5, 5.41) is 0.668. The van der Waals surface area contributed by atoms with Gasteiger partial charge in [-0.15, -0.1) is 0 Å². The van der Waals surface area contributed by atoms with Gasteiger partial charge in [-0.05, 0) is 43.7 Å². The number of nitrogens with one attached hydrogen (secondary N) is 1. The first-order valence-corrected chi connectivity index (χ1v) is 10.7. The highest BCUT2D eigenvalue weighted by Crippen LogP contribution is 2.26. The third kappa shape index (κ3) is 4.71. The van der Waals surface area contributed by atoms with Gasteiger partial charge in [0.2, 0.25) is 10.0 Å². The normalized spacial score (nSPS) is 12.9. The number of imidazole rings is 1. The summed E-state index contributed by atoms with van der Waals surface area (Å²) in [7, 11) is -3.62. The first kappa shape index (κ1) is 19.9. The molecule has 0 bridgehead atoms. The number of nitrogens with zero attached hydrogens (tertiary/aromatic N) is 2. The largest absolute Gasteiger partial charge is 0.304 e. The van der Waals surface area contributed by atoms with Crippen LogP contribution in [-0.2, 0) is 15.8 Å². The van der Waals surface area contributed by atoms with Gasteiger partial charge in [0.05, 0.1) is 5.75 Å². The number of rotatable bonds is 6. The van der Waals surface area contributed by atoms with Crippen molar-refractivity contribution in [1.82, 2.24) is 14.3 Å². The van der Waals surface area contributed by atoms with Crippen LogP contribution in [0.4, 0.5) is 0 Å². The van der Waals surface area contributed by atoms with Crippen molar-refractivity contribution >= 4 is 33.2 Å². The van der Waals surface area contributed by atoms with Crippen molar-refractivity contribution in [2.24, 2.45) is 0 Å². The van der Waals surface area contributed by atoms with E-state index in [2.05, 4.69) is 9.71 Å². The van der Waals surface area contributed by atoms with Crippen molar-refractivity contribution in [3.8, 4) is 5.69 Å². The smallest absolute Gasteiger partial charge is 0.216 e. The molecule has 142 valence electrons. The minimum Gasteiger partial charge on any atom is -0.304 e. The summed E-state index contributed by atoms with van der Waals surface area (Å²) in [6.07, 6.45) is 3.61. The standard InChI is InChI=1S/C19H19Cl2N3O2S/c1-13(15-6-8-16(9-7-15)24-11-10-22-14(24)2)23-27(25,26)12-17-18(20)4-3-5-19(17)21/h3-11,13,23H,12H2,1-2H3/t13-/m0/s1. The molecule has 2 aromatic carbocycles. The van der Waals surface area contributed by atoms with E-state index in [0.29, 0.717) is 15.6 Å². The van der Waals surface area contributed by atoms with Crippen molar-refractivity contribution in [3.05, 3.63) is 81.9 Å². The van der Waals surface area contributed by atoms with Gasteiger partial charge in [-0.25, -0.2) is 18.1 Å². The molecular weight excluding hydrogens is 405 g/mol. The predicted molar refractivity (Wildman–Crippen MR) is 109 cm³/mol. The Bertz CT molecular complexity index is 1030. The van der Waals surface area contributed by atoms with Gasteiger partial charge < -0.3 is 4.57 Å². The fourth-order valence-corrected chi connectivity index (χ4v) is 4.95. The zero-order valence-electron chi connectivity index (χ0n) is 14.9. The van der Waals surface area contributed by atoms with Crippen molar-refractivity contribution in [2.75, 3.05) is 0 Å². The first-order chi connectivity index (χ1) is 12.8. The first-order valence-electron chi connectivity index (χ1n) is 8.30. The molecule has 8 heteroatoms. The second-order valence-corrected chi connectivity index (χ2v) is 8.80. The van der Waals surface area contributed by atoms with Crippen LogP contribution in [0, 0.1) is 6.92 Å². The number of benzene rings is 2. The topological polar surface area (TPSA) is 64.0 Å². The lowest BCUT2D eigenvalue weighted by Gasteiger charge is -2.16. The van der Waals surface area contributed by atoms with Gasteiger partial charge >= 0.3 is 0 Å². The van der Waals surface area contributed by atoms with E-state index in [1.54, 1.807) is 31.3 Å². The molecule has 0 unspecified atom stereocenters. The van der Waals surface area contributed by atoms with Crippen LogP contribution >= 0.6 is 23.2 Å². The minimum atomic E-state index is -3.62. The van der Waals surface area contributed by atoms with E-state index in [0.717, 1.165) is 17.1 Å². The lowest BCUT2D eigenvalue weighted by atomic mass is 10.1. The molecule has 1 aromatic heterocycles. The number of hydrogen-bond donors (Lipinski definition) is 1. The van der Waals surface area contributed by atoms with E-state index >= 15 is 0 Å². The molecule has 27 heavy (non-hydrogen) atoms. The van der Waals surface area contributed by atoms with Crippen molar-refractivity contribution < 1.29 is 8.42 Å². The van der Waals surface area contributed by atoms with E-state index < -0.39 is 16.1 Å². The number of sulfonamides is 1. The highest BCUT2D eigenvalue weighted by atomic mass is 35.5. The summed E-state index contributed by atoms with van der Waals surface area (Å²) in [6.45, 7) is 3.72. The van der Waals surface area contributed by atoms with E-state index in [4.69, 9.17) is 23.2 Å². The Morgan fingerprint density at radius 2 is 1.74 bits per heavy atom. The molecule has 0 fully saturated rings. The maximum Gasteiger partial charge on any atom is 0.216 e. The molecule has 0 aliphatic heterocycles. The molecule has 0 aliphatic rings. The van der Waals surface area contributed by atoms with Gasteiger partial charge in [0.1, 0.15) is 5.82 Å². The summed E-state index contributed by atoms with van der Waals surface area (Å²) in [5.41, 5.74) is 2.21. The fraction of sp³-hybridized carbons (Fsp3) is 0.211. The average molecular weight is 424 g/mol. The van der Waals surface area contributed by atoms with Crippen LogP contribution in [0.25, 0.3) is 5.69 Å². The Morgan fingerprint density at radius 3 is 2.30 bits per heavy atom. The SMILES string of the molecule is Cc1nccn1-c1ccc([C@H](C)NS(=O)(=O)Cc2c(Cl)cccc2Cl)cc1. The van der Waals surface area contributed by atoms with E-state index in [9.17, 15) is 8.42 Å². The molecule has 1 N–H and O–H groups in total. The Labute approximate surface area is 169 Å². The zero-order valence-corrected chi connectivity index (χ0v) is 17.2. The second-order valence-electron chi connectivity index (χ2n) is 6.23. The number of aromatic nitrogens is 2. The van der Waals surface area contributed by atoms with Crippen LogP contribution in [0.5, 0.6) is 0 Å². The van der Waals surface area contributed by atoms with Crippen molar-refractivity contribution in [2.45, 2.75) is 25.6 Å². The third-order valence-corrected chi connectivity index (χ3v) is 6.34.